The van der Waals surface area contributed by atoms with Crippen LogP contribution in [0, 0.1) is 17.8 Å². The van der Waals surface area contributed by atoms with Crippen molar-refractivity contribution in [2.75, 3.05) is 26.8 Å². The van der Waals surface area contributed by atoms with Crippen molar-refractivity contribution in [3.63, 3.8) is 0 Å². The van der Waals surface area contributed by atoms with Crippen molar-refractivity contribution >= 4 is 15.9 Å². The van der Waals surface area contributed by atoms with Gasteiger partial charge >= 0.3 is 6.18 Å². The fourth-order valence-electron chi connectivity index (χ4n) is 6.54. The molecule has 2 saturated carbocycles. The lowest BCUT2D eigenvalue weighted by molar-refractivity contribution is -0.137. The summed E-state index contributed by atoms with van der Waals surface area (Å²) in [6, 6.07) is 11.3. The average Bonchev–Trinajstić information content (AvgIpc) is 2.99. The number of carbonyl (C=O) groups excluding carboxylic acids is 1. The highest BCUT2D eigenvalue weighted by molar-refractivity contribution is 7.89. The van der Waals surface area contributed by atoms with Gasteiger partial charge < -0.3 is 15.4 Å². The number of rotatable bonds is 13. The largest absolute Gasteiger partial charge is 0.416 e. The number of halogens is 3. The summed E-state index contributed by atoms with van der Waals surface area (Å²) in [6.07, 6.45) is 1.17. The summed E-state index contributed by atoms with van der Waals surface area (Å²) in [6.45, 7) is 6.53. The van der Waals surface area contributed by atoms with Crippen LogP contribution in [-0.4, -0.2) is 47.2 Å². The molecule has 7 nitrogen and oxygen atoms in total. The van der Waals surface area contributed by atoms with Crippen molar-refractivity contribution in [3.8, 4) is 0 Å². The normalized spacial score (nSPS) is 23.3. The van der Waals surface area contributed by atoms with E-state index < -0.39 is 32.7 Å². The zero-order valence-electron chi connectivity index (χ0n) is 24.5. The Kier molecular flexibility index (Phi) is 11.4. The van der Waals surface area contributed by atoms with Gasteiger partial charge in [0, 0.05) is 32.7 Å². The molecule has 0 radical (unpaired) electrons. The van der Waals surface area contributed by atoms with Gasteiger partial charge in [0.05, 0.1) is 23.1 Å². The monoisotopic (exact) mass is 621 g/mol. The van der Waals surface area contributed by atoms with E-state index in [-0.39, 0.29) is 18.4 Å². The second kappa shape index (κ2) is 14.8. The maximum Gasteiger partial charge on any atom is 0.416 e. The zero-order chi connectivity index (χ0) is 31.0. The minimum Gasteiger partial charge on any atom is -0.383 e. The van der Waals surface area contributed by atoms with E-state index in [4.69, 9.17) is 4.74 Å². The predicted molar refractivity (Wildman–Crippen MR) is 160 cm³/mol. The van der Waals surface area contributed by atoms with Crippen LogP contribution in [0.5, 0.6) is 0 Å². The number of fused-ring (bicyclic) bond motifs is 1. The predicted octanol–water partition coefficient (Wildman–Crippen LogP) is 5.61. The van der Waals surface area contributed by atoms with Gasteiger partial charge in [-0.2, -0.15) is 13.2 Å². The fraction of sp³-hybridized carbons (Fsp3) is 0.531. The Morgan fingerprint density at radius 1 is 1.07 bits per heavy atom. The number of hydrogen-bond donors (Lipinski definition) is 3. The molecule has 3 unspecified atom stereocenters. The summed E-state index contributed by atoms with van der Waals surface area (Å²) in [4.78, 5) is 12.9. The molecule has 0 bridgehead atoms. The number of hydrogen-bond acceptors (Lipinski definition) is 5. The molecule has 4 rings (SSSR count). The lowest BCUT2D eigenvalue weighted by Crippen LogP contribution is -2.48. The van der Waals surface area contributed by atoms with Crippen molar-refractivity contribution in [1.29, 1.82) is 0 Å². The third-order valence-corrected chi connectivity index (χ3v) is 10.2. The van der Waals surface area contributed by atoms with E-state index in [9.17, 15) is 26.4 Å². The van der Waals surface area contributed by atoms with E-state index >= 15 is 0 Å². The minimum absolute atomic E-state index is 0.00297. The summed E-state index contributed by atoms with van der Waals surface area (Å²) >= 11 is 0. The van der Waals surface area contributed by atoms with Gasteiger partial charge in [0.2, 0.25) is 15.9 Å². The number of nitrogens with one attached hydrogen (secondary N) is 3. The second-order valence-corrected chi connectivity index (χ2v) is 13.4. The van der Waals surface area contributed by atoms with Gasteiger partial charge in [0.1, 0.15) is 0 Å². The molecule has 0 heterocycles. The molecule has 2 fully saturated rings. The van der Waals surface area contributed by atoms with Crippen LogP contribution >= 0.6 is 0 Å². The van der Waals surface area contributed by atoms with Gasteiger partial charge in [-0.3, -0.25) is 4.79 Å². The fourth-order valence-corrected chi connectivity index (χ4v) is 7.81. The molecule has 2 aromatic rings. The number of benzene rings is 2. The molecule has 3 N–H and O–H groups in total. The van der Waals surface area contributed by atoms with Crippen molar-refractivity contribution in [2.24, 2.45) is 17.8 Å². The van der Waals surface area contributed by atoms with Crippen LogP contribution in [0.4, 0.5) is 13.2 Å². The van der Waals surface area contributed by atoms with Crippen LogP contribution < -0.4 is 15.4 Å². The first-order valence-electron chi connectivity index (χ1n) is 14.9. The summed E-state index contributed by atoms with van der Waals surface area (Å²) in [7, 11) is -2.69. The van der Waals surface area contributed by atoms with Crippen molar-refractivity contribution in [3.05, 3.63) is 77.9 Å². The van der Waals surface area contributed by atoms with E-state index in [0.29, 0.717) is 36.0 Å². The van der Waals surface area contributed by atoms with Gasteiger partial charge in [-0.05, 0) is 67.2 Å². The minimum atomic E-state index is -4.69. The van der Waals surface area contributed by atoms with Crippen LogP contribution in [0.1, 0.15) is 62.1 Å². The first-order chi connectivity index (χ1) is 20.5. The van der Waals surface area contributed by atoms with Gasteiger partial charge in [0.15, 0.2) is 0 Å². The molecule has 2 aromatic carbocycles. The van der Waals surface area contributed by atoms with Crippen LogP contribution in [0.15, 0.2) is 71.6 Å². The van der Waals surface area contributed by atoms with Crippen LogP contribution in [0.25, 0.3) is 0 Å². The van der Waals surface area contributed by atoms with Crippen molar-refractivity contribution in [1.82, 2.24) is 15.4 Å². The molecule has 0 saturated heterocycles. The molecule has 0 aliphatic heterocycles. The first kappa shape index (κ1) is 33.2. The number of sulfonamides is 1. The quantitative estimate of drug-likeness (QED) is 0.200. The van der Waals surface area contributed by atoms with Gasteiger partial charge in [-0.1, -0.05) is 61.4 Å². The van der Waals surface area contributed by atoms with Gasteiger partial charge in [-0.15, -0.1) is 0 Å². The lowest BCUT2D eigenvalue weighted by Gasteiger charge is -2.44. The number of carbonyl (C=O) groups is 1. The maximum absolute atomic E-state index is 13.4. The van der Waals surface area contributed by atoms with Gasteiger partial charge in [-0.25, -0.2) is 13.1 Å². The smallest absolute Gasteiger partial charge is 0.383 e. The Bertz CT molecular complexity index is 1340. The highest BCUT2D eigenvalue weighted by Gasteiger charge is 2.39. The zero-order valence-corrected chi connectivity index (χ0v) is 25.4. The molecule has 43 heavy (non-hydrogen) atoms. The number of methoxy groups -OCH3 is 1. The number of amides is 1. The molecule has 5 atom stereocenters. The van der Waals surface area contributed by atoms with Crippen molar-refractivity contribution in [2.45, 2.75) is 68.1 Å². The molecule has 0 aromatic heterocycles. The molecular formula is C32H42F3N3O4S. The van der Waals surface area contributed by atoms with Crippen LogP contribution in [0.3, 0.4) is 0 Å². The molecule has 11 heteroatoms. The standard InChI is InChI=1S/C32H42F3N3O4S/c1-22(21-36-16-17-42-2)24-14-15-28-25(18-24)10-6-13-29(28)37-31(39)20-30(23-8-4-3-5-9-23)38-43(40,41)27-12-7-11-26(19-27)32(33,34)35/h3-5,7-9,11-12,19,24-25,28-30,36,38H,1,6,10,13-18,20-21H2,2H3,(H,37,39)/t24?,25?,28?,29-,30-/m1/s1. The topological polar surface area (TPSA) is 96.5 Å². The third-order valence-electron chi connectivity index (χ3n) is 8.77. The highest BCUT2D eigenvalue weighted by atomic mass is 32.2. The highest BCUT2D eigenvalue weighted by Crippen LogP contribution is 2.44. The molecule has 1 amide bonds. The maximum atomic E-state index is 13.4. The van der Waals surface area contributed by atoms with E-state index in [1.807, 2.05) is 0 Å². The average molecular weight is 622 g/mol. The van der Waals surface area contributed by atoms with E-state index in [2.05, 4.69) is 21.9 Å². The molecule has 2 aliphatic carbocycles. The summed E-state index contributed by atoms with van der Waals surface area (Å²) in [5.41, 5.74) is 0.698. The van der Waals surface area contributed by atoms with E-state index in [0.717, 1.165) is 69.8 Å². The Morgan fingerprint density at radius 2 is 1.84 bits per heavy atom. The van der Waals surface area contributed by atoms with E-state index in [1.165, 1.54) is 5.57 Å². The molecule has 2 aliphatic rings. The van der Waals surface area contributed by atoms with E-state index in [1.54, 1.807) is 37.4 Å². The third kappa shape index (κ3) is 9.14. The molecule has 0 spiro atoms. The Hall–Kier alpha value is -2.73. The first-order valence-corrected chi connectivity index (χ1v) is 16.4. The van der Waals surface area contributed by atoms with Crippen LogP contribution in [-0.2, 0) is 25.7 Å². The summed E-state index contributed by atoms with van der Waals surface area (Å²) in [5.74, 6) is 0.983. The van der Waals surface area contributed by atoms with Crippen molar-refractivity contribution < 1.29 is 31.1 Å². The molecular weight excluding hydrogens is 579 g/mol. The second-order valence-electron chi connectivity index (χ2n) is 11.7. The SMILES string of the molecule is C=C(CNCCOC)C1CCC2C(CCC[C@H]2NC(=O)C[C@@H](NS(=O)(=O)c2cccc(C(F)(F)F)c2)c2ccccc2)C1. The van der Waals surface area contributed by atoms with Gasteiger partial charge in [0.25, 0.3) is 0 Å². The van der Waals surface area contributed by atoms with Crippen LogP contribution in [0.2, 0.25) is 0 Å². The summed E-state index contributed by atoms with van der Waals surface area (Å²) < 4.78 is 73.8. The Balaban J connectivity index is 1.41. The Labute approximate surface area is 252 Å². The molecule has 236 valence electrons. The summed E-state index contributed by atoms with van der Waals surface area (Å²) in [5, 5.41) is 6.57. The lowest BCUT2D eigenvalue weighted by atomic mass is 9.64. The number of ether oxygens (including phenoxy) is 1. The Morgan fingerprint density at radius 3 is 2.56 bits per heavy atom. The number of alkyl halides is 3.